The van der Waals surface area contributed by atoms with E-state index in [1.54, 1.807) is 6.92 Å². The Morgan fingerprint density at radius 2 is 1.87 bits per heavy atom. The van der Waals surface area contributed by atoms with Crippen molar-refractivity contribution in [2.75, 3.05) is 18.0 Å². The summed E-state index contributed by atoms with van der Waals surface area (Å²) in [5, 5.41) is 0. The molecule has 1 aromatic rings. The summed E-state index contributed by atoms with van der Waals surface area (Å²) < 4.78 is 0. The standard InChI is InChI=1S/C13H19NO/c1-3-10-14(11-9-12(2)15)13-7-5-4-6-8-13/h4-8H,3,9-11H2,1-2H3. The third-order valence-corrected chi connectivity index (χ3v) is 2.35. The molecule has 0 atom stereocenters. The summed E-state index contributed by atoms with van der Waals surface area (Å²) in [5.41, 5.74) is 1.21. The van der Waals surface area contributed by atoms with E-state index in [1.165, 1.54) is 5.69 Å². The lowest BCUT2D eigenvalue weighted by molar-refractivity contribution is -0.116. The summed E-state index contributed by atoms with van der Waals surface area (Å²) in [7, 11) is 0. The average Bonchev–Trinajstić information content (AvgIpc) is 2.25. The van der Waals surface area contributed by atoms with Crippen LogP contribution in [0.15, 0.2) is 30.3 Å². The van der Waals surface area contributed by atoms with Gasteiger partial charge in [-0.1, -0.05) is 25.1 Å². The van der Waals surface area contributed by atoms with E-state index >= 15 is 0 Å². The van der Waals surface area contributed by atoms with E-state index in [9.17, 15) is 4.79 Å². The quantitative estimate of drug-likeness (QED) is 0.711. The topological polar surface area (TPSA) is 20.3 Å². The lowest BCUT2D eigenvalue weighted by Crippen LogP contribution is -2.26. The second-order valence-corrected chi connectivity index (χ2v) is 3.77. The lowest BCUT2D eigenvalue weighted by Gasteiger charge is -2.23. The molecule has 0 aliphatic rings. The molecule has 0 aliphatic heterocycles. The van der Waals surface area contributed by atoms with Crippen molar-refractivity contribution in [1.29, 1.82) is 0 Å². The normalized spacial score (nSPS) is 10.0. The zero-order valence-electron chi connectivity index (χ0n) is 9.57. The van der Waals surface area contributed by atoms with Crippen LogP contribution >= 0.6 is 0 Å². The number of ketones is 1. The Labute approximate surface area is 91.9 Å². The second-order valence-electron chi connectivity index (χ2n) is 3.77. The molecule has 0 saturated heterocycles. The van der Waals surface area contributed by atoms with Crippen LogP contribution in [0.25, 0.3) is 0 Å². The number of carbonyl (C=O) groups is 1. The van der Waals surface area contributed by atoms with Gasteiger partial charge in [-0.05, 0) is 25.5 Å². The zero-order chi connectivity index (χ0) is 11.1. The van der Waals surface area contributed by atoms with Crippen molar-refractivity contribution < 1.29 is 4.79 Å². The van der Waals surface area contributed by atoms with Crippen molar-refractivity contribution in [2.45, 2.75) is 26.7 Å². The first-order valence-corrected chi connectivity index (χ1v) is 5.53. The highest BCUT2D eigenvalue weighted by Gasteiger charge is 2.05. The molecule has 0 spiro atoms. The molecular formula is C13H19NO. The van der Waals surface area contributed by atoms with Crippen LogP contribution in [0.2, 0.25) is 0 Å². The zero-order valence-corrected chi connectivity index (χ0v) is 9.57. The second kappa shape index (κ2) is 6.23. The molecule has 2 heteroatoms. The molecular weight excluding hydrogens is 186 g/mol. The molecule has 0 fully saturated rings. The van der Waals surface area contributed by atoms with Crippen LogP contribution in [0.1, 0.15) is 26.7 Å². The largest absolute Gasteiger partial charge is 0.371 e. The van der Waals surface area contributed by atoms with Gasteiger partial charge in [0.05, 0.1) is 0 Å². The van der Waals surface area contributed by atoms with E-state index < -0.39 is 0 Å². The minimum absolute atomic E-state index is 0.257. The van der Waals surface area contributed by atoms with Crippen LogP contribution < -0.4 is 4.90 Å². The number of benzene rings is 1. The van der Waals surface area contributed by atoms with Crippen molar-refractivity contribution >= 4 is 11.5 Å². The SMILES string of the molecule is CCCN(CCC(C)=O)c1ccccc1. The van der Waals surface area contributed by atoms with E-state index in [0.717, 1.165) is 19.5 Å². The fourth-order valence-electron chi connectivity index (χ4n) is 1.57. The Kier molecular flexibility index (Phi) is 4.88. The Balaban J connectivity index is 2.61. The van der Waals surface area contributed by atoms with Crippen LogP contribution in [0.4, 0.5) is 5.69 Å². The van der Waals surface area contributed by atoms with Gasteiger partial charge in [0.25, 0.3) is 0 Å². The third kappa shape index (κ3) is 4.15. The van der Waals surface area contributed by atoms with Crippen LogP contribution in [-0.2, 0) is 4.79 Å². The van der Waals surface area contributed by atoms with Crippen LogP contribution in [0.3, 0.4) is 0 Å². The molecule has 1 rings (SSSR count). The lowest BCUT2D eigenvalue weighted by atomic mass is 10.2. The van der Waals surface area contributed by atoms with Gasteiger partial charge in [0, 0.05) is 25.2 Å². The fourth-order valence-corrected chi connectivity index (χ4v) is 1.57. The first kappa shape index (κ1) is 11.8. The molecule has 82 valence electrons. The van der Waals surface area contributed by atoms with Gasteiger partial charge in [-0.25, -0.2) is 0 Å². The molecule has 0 unspecified atom stereocenters. The number of Topliss-reactive ketones (excluding diaryl/α,β-unsaturated/α-hetero) is 1. The van der Waals surface area contributed by atoms with Gasteiger partial charge in [-0.15, -0.1) is 0 Å². The molecule has 0 aliphatic carbocycles. The Bertz CT molecular complexity index is 295. The molecule has 0 radical (unpaired) electrons. The van der Waals surface area contributed by atoms with Crippen molar-refractivity contribution in [3.8, 4) is 0 Å². The predicted molar refractivity (Wildman–Crippen MR) is 64.2 cm³/mol. The van der Waals surface area contributed by atoms with Crippen LogP contribution in [0, 0.1) is 0 Å². The van der Waals surface area contributed by atoms with E-state index in [2.05, 4.69) is 24.0 Å². The molecule has 0 amide bonds. The first-order valence-electron chi connectivity index (χ1n) is 5.53. The third-order valence-electron chi connectivity index (χ3n) is 2.35. The highest BCUT2D eigenvalue weighted by atomic mass is 16.1. The molecule has 0 N–H and O–H groups in total. The summed E-state index contributed by atoms with van der Waals surface area (Å²) in [5.74, 6) is 0.257. The Morgan fingerprint density at radius 1 is 1.20 bits per heavy atom. The minimum Gasteiger partial charge on any atom is -0.371 e. The number of nitrogens with zero attached hydrogens (tertiary/aromatic N) is 1. The maximum Gasteiger partial charge on any atom is 0.131 e. The number of hydrogen-bond acceptors (Lipinski definition) is 2. The fraction of sp³-hybridized carbons (Fsp3) is 0.462. The van der Waals surface area contributed by atoms with Crippen LogP contribution in [-0.4, -0.2) is 18.9 Å². The van der Waals surface area contributed by atoms with Gasteiger partial charge in [-0.2, -0.15) is 0 Å². The smallest absolute Gasteiger partial charge is 0.131 e. The average molecular weight is 205 g/mol. The van der Waals surface area contributed by atoms with Crippen molar-refractivity contribution in [3.63, 3.8) is 0 Å². The van der Waals surface area contributed by atoms with E-state index in [4.69, 9.17) is 0 Å². The van der Waals surface area contributed by atoms with E-state index in [-0.39, 0.29) is 5.78 Å². The Morgan fingerprint density at radius 3 is 2.40 bits per heavy atom. The summed E-state index contributed by atoms with van der Waals surface area (Å²) in [6, 6.07) is 10.3. The molecule has 0 heterocycles. The van der Waals surface area contributed by atoms with Crippen molar-refractivity contribution in [3.05, 3.63) is 30.3 Å². The number of carbonyl (C=O) groups excluding carboxylic acids is 1. The monoisotopic (exact) mass is 205 g/mol. The van der Waals surface area contributed by atoms with Gasteiger partial charge >= 0.3 is 0 Å². The molecule has 0 bridgehead atoms. The molecule has 2 nitrogen and oxygen atoms in total. The van der Waals surface area contributed by atoms with Crippen molar-refractivity contribution in [2.24, 2.45) is 0 Å². The van der Waals surface area contributed by atoms with Gasteiger partial charge < -0.3 is 4.90 Å². The first-order chi connectivity index (χ1) is 7.24. The van der Waals surface area contributed by atoms with Gasteiger partial charge in [0.1, 0.15) is 5.78 Å². The Hall–Kier alpha value is -1.31. The van der Waals surface area contributed by atoms with Crippen LogP contribution in [0.5, 0.6) is 0 Å². The number of anilines is 1. The highest BCUT2D eigenvalue weighted by Crippen LogP contribution is 2.13. The summed E-state index contributed by atoms with van der Waals surface area (Å²) in [6.07, 6.45) is 1.74. The molecule has 0 aromatic heterocycles. The highest BCUT2D eigenvalue weighted by molar-refractivity contribution is 5.76. The maximum absolute atomic E-state index is 11.0. The minimum atomic E-state index is 0.257. The van der Waals surface area contributed by atoms with Gasteiger partial charge in [0.2, 0.25) is 0 Å². The summed E-state index contributed by atoms with van der Waals surface area (Å²) >= 11 is 0. The molecule has 1 aromatic carbocycles. The number of rotatable bonds is 6. The summed E-state index contributed by atoms with van der Waals surface area (Å²) in [6.45, 7) is 5.64. The van der Waals surface area contributed by atoms with Crippen molar-refractivity contribution in [1.82, 2.24) is 0 Å². The summed E-state index contributed by atoms with van der Waals surface area (Å²) in [4.78, 5) is 13.2. The number of para-hydroxylation sites is 1. The number of hydrogen-bond donors (Lipinski definition) is 0. The maximum atomic E-state index is 11.0. The molecule has 15 heavy (non-hydrogen) atoms. The van der Waals surface area contributed by atoms with E-state index in [0.29, 0.717) is 6.42 Å². The van der Waals surface area contributed by atoms with E-state index in [1.807, 2.05) is 18.2 Å². The predicted octanol–water partition coefficient (Wildman–Crippen LogP) is 2.88. The van der Waals surface area contributed by atoms with Gasteiger partial charge in [-0.3, -0.25) is 4.79 Å². The van der Waals surface area contributed by atoms with Gasteiger partial charge in [0.15, 0.2) is 0 Å². The molecule has 0 saturated carbocycles.